The van der Waals surface area contributed by atoms with Gasteiger partial charge in [0, 0.05) is 24.1 Å². The monoisotopic (exact) mass is 435 g/mol. The maximum absolute atomic E-state index is 12.1. The van der Waals surface area contributed by atoms with Gasteiger partial charge in [0.1, 0.15) is 0 Å². The van der Waals surface area contributed by atoms with Crippen LogP contribution >= 0.6 is 23.2 Å². The van der Waals surface area contributed by atoms with Crippen LogP contribution in [0, 0.1) is 0 Å². The number of aryl methyl sites for hydroxylation is 1. The topological polar surface area (TPSA) is 86.5 Å². The molecule has 3 rings (SSSR count). The molecule has 3 aromatic rings. The molecule has 29 heavy (non-hydrogen) atoms. The molecule has 152 valence electrons. The Balaban J connectivity index is 1.54. The number of hydrogen-bond donors (Lipinski definition) is 1. The van der Waals surface area contributed by atoms with E-state index in [1.165, 1.54) is 0 Å². The van der Waals surface area contributed by atoms with Gasteiger partial charge in [0.25, 0.3) is 0 Å². The number of ether oxygens (including phenoxy) is 2. The Labute approximate surface area is 177 Å². The van der Waals surface area contributed by atoms with Gasteiger partial charge in [0.2, 0.25) is 17.6 Å². The number of rotatable bonds is 8. The van der Waals surface area contributed by atoms with Crippen molar-refractivity contribution in [3.05, 3.63) is 52.3 Å². The lowest BCUT2D eigenvalue weighted by Gasteiger charge is -2.07. The molecule has 0 saturated carbocycles. The van der Waals surface area contributed by atoms with Gasteiger partial charge in [-0.1, -0.05) is 28.4 Å². The summed E-state index contributed by atoms with van der Waals surface area (Å²) in [5.41, 5.74) is 1.34. The van der Waals surface area contributed by atoms with Crippen LogP contribution in [0.2, 0.25) is 10.0 Å². The lowest BCUT2D eigenvalue weighted by atomic mass is 10.2. The first kappa shape index (κ1) is 21.0. The molecular weight excluding hydrogens is 417 g/mol. The van der Waals surface area contributed by atoms with Gasteiger partial charge in [-0.3, -0.25) is 4.79 Å². The summed E-state index contributed by atoms with van der Waals surface area (Å²) >= 11 is 11.8. The van der Waals surface area contributed by atoms with Crippen LogP contribution in [0.4, 0.5) is 5.69 Å². The van der Waals surface area contributed by atoms with E-state index < -0.39 is 0 Å². The molecule has 0 aliphatic heterocycles. The van der Waals surface area contributed by atoms with Crippen molar-refractivity contribution in [2.45, 2.75) is 19.3 Å². The summed E-state index contributed by atoms with van der Waals surface area (Å²) < 4.78 is 15.8. The smallest absolute Gasteiger partial charge is 0.226 e. The van der Waals surface area contributed by atoms with Gasteiger partial charge in [-0.05, 0) is 42.8 Å². The van der Waals surface area contributed by atoms with Gasteiger partial charge < -0.3 is 19.3 Å². The lowest BCUT2D eigenvalue weighted by molar-refractivity contribution is -0.116. The second kappa shape index (κ2) is 9.62. The van der Waals surface area contributed by atoms with E-state index in [2.05, 4.69) is 15.5 Å². The first-order valence-electron chi connectivity index (χ1n) is 8.80. The van der Waals surface area contributed by atoms with Gasteiger partial charge in [-0.25, -0.2) is 0 Å². The fourth-order valence-corrected chi connectivity index (χ4v) is 2.94. The number of nitrogens with one attached hydrogen (secondary N) is 1. The number of methoxy groups -OCH3 is 2. The summed E-state index contributed by atoms with van der Waals surface area (Å²) in [6.45, 7) is 0. The van der Waals surface area contributed by atoms with Crippen LogP contribution in [-0.4, -0.2) is 30.3 Å². The largest absolute Gasteiger partial charge is 0.493 e. The third-order valence-corrected chi connectivity index (χ3v) is 4.85. The molecule has 0 atom stereocenters. The Hall–Kier alpha value is -2.77. The minimum atomic E-state index is -0.136. The van der Waals surface area contributed by atoms with Gasteiger partial charge in [-0.15, -0.1) is 0 Å². The maximum Gasteiger partial charge on any atom is 0.226 e. The Bertz CT molecular complexity index is 1010. The van der Waals surface area contributed by atoms with Crippen LogP contribution in [0.1, 0.15) is 18.7 Å². The van der Waals surface area contributed by atoms with Crippen LogP contribution < -0.4 is 14.8 Å². The Morgan fingerprint density at radius 3 is 2.59 bits per heavy atom. The highest BCUT2D eigenvalue weighted by atomic mass is 35.5. The maximum atomic E-state index is 12.1. The zero-order chi connectivity index (χ0) is 20.8. The highest BCUT2D eigenvalue weighted by Crippen LogP contribution is 2.31. The van der Waals surface area contributed by atoms with Crippen LogP contribution in [0.25, 0.3) is 11.4 Å². The summed E-state index contributed by atoms with van der Waals surface area (Å²) in [6, 6.07) is 10.3. The molecule has 1 amide bonds. The van der Waals surface area contributed by atoms with E-state index in [4.69, 9.17) is 37.2 Å². The van der Waals surface area contributed by atoms with E-state index in [0.717, 1.165) is 5.56 Å². The van der Waals surface area contributed by atoms with Gasteiger partial charge in [0.05, 0.1) is 24.3 Å². The van der Waals surface area contributed by atoms with E-state index >= 15 is 0 Å². The minimum absolute atomic E-state index is 0.136. The molecule has 1 heterocycles. The van der Waals surface area contributed by atoms with Crippen molar-refractivity contribution in [3.63, 3.8) is 0 Å². The first-order chi connectivity index (χ1) is 14.0. The number of anilines is 1. The molecule has 7 nitrogen and oxygen atoms in total. The van der Waals surface area contributed by atoms with Gasteiger partial charge in [0.15, 0.2) is 11.5 Å². The third kappa shape index (κ3) is 5.40. The quantitative estimate of drug-likeness (QED) is 0.534. The van der Waals surface area contributed by atoms with Crippen molar-refractivity contribution >= 4 is 34.8 Å². The molecule has 9 heteroatoms. The van der Waals surface area contributed by atoms with E-state index in [1.807, 2.05) is 6.07 Å². The number of halogens is 2. The first-order valence-corrected chi connectivity index (χ1v) is 9.55. The van der Waals surface area contributed by atoms with Crippen molar-refractivity contribution in [1.82, 2.24) is 10.1 Å². The SMILES string of the molecule is COc1ccc(-c2noc(CCCC(=O)Nc3ccc(Cl)c(Cl)c3)n2)cc1OC. The predicted molar refractivity (Wildman–Crippen MR) is 111 cm³/mol. The molecule has 0 aliphatic rings. The molecular formula is C20H19Cl2N3O4. The van der Waals surface area contributed by atoms with Gasteiger partial charge in [-0.2, -0.15) is 4.98 Å². The molecule has 1 N–H and O–H groups in total. The Morgan fingerprint density at radius 1 is 1.07 bits per heavy atom. The highest BCUT2D eigenvalue weighted by Gasteiger charge is 2.13. The molecule has 2 aromatic carbocycles. The molecule has 0 aliphatic carbocycles. The predicted octanol–water partition coefficient (Wildman–Crippen LogP) is 5.02. The van der Waals surface area contributed by atoms with Crippen molar-refractivity contribution in [2.75, 3.05) is 19.5 Å². The Kier molecular flexibility index (Phi) is 6.95. The van der Waals surface area contributed by atoms with Crippen LogP contribution in [0.3, 0.4) is 0 Å². The van der Waals surface area contributed by atoms with E-state index in [9.17, 15) is 4.79 Å². The number of carbonyl (C=O) groups excluding carboxylic acids is 1. The number of aromatic nitrogens is 2. The fraction of sp³-hybridized carbons (Fsp3) is 0.250. The number of hydrogen-bond acceptors (Lipinski definition) is 6. The van der Waals surface area contributed by atoms with E-state index in [1.54, 1.807) is 44.6 Å². The average molecular weight is 436 g/mol. The normalized spacial score (nSPS) is 10.6. The van der Waals surface area contributed by atoms with Crippen molar-refractivity contribution < 1.29 is 18.8 Å². The third-order valence-electron chi connectivity index (χ3n) is 4.11. The second-order valence-electron chi connectivity index (χ2n) is 6.11. The second-order valence-corrected chi connectivity index (χ2v) is 6.93. The van der Waals surface area contributed by atoms with Crippen LogP contribution in [-0.2, 0) is 11.2 Å². The van der Waals surface area contributed by atoms with E-state index in [-0.39, 0.29) is 5.91 Å². The number of amides is 1. The molecule has 0 saturated heterocycles. The lowest BCUT2D eigenvalue weighted by Crippen LogP contribution is -2.11. The minimum Gasteiger partial charge on any atom is -0.493 e. The number of benzene rings is 2. The fourth-order valence-electron chi connectivity index (χ4n) is 2.65. The zero-order valence-corrected chi connectivity index (χ0v) is 17.4. The van der Waals surface area contributed by atoms with Crippen molar-refractivity contribution in [2.24, 2.45) is 0 Å². The van der Waals surface area contributed by atoms with Crippen LogP contribution in [0.15, 0.2) is 40.9 Å². The van der Waals surface area contributed by atoms with Crippen molar-refractivity contribution in [3.8, 4) is 22.9 Å². The molecule has 0 unspecified atom stereocenters. The van der Waals surface area contributed by atoms with Crippen molar-refractivity contribution in [1.29, 1.82) is 0 Å². The Morgan fingerprint density at radius 2 is 1.86 bits per heavy atom. The van der Waals surface area contributed by atoms with Crippen LogP contribution in [0.5, 0.6) is 11.5 Å². The summed E-state index contributed by atoms with van der Waals surface area (Å²) in [6.07, 6.45) is 1.34. The van der Waals surface area contributed by atoms with E-state index in [0.29, 0.717) is 58.2 Å². The average Bonchev–Trinajstić information content (AvgIpc) is 3.19. The molecule has 0 spiro atoms. The number of nitrogens with zero attached hydrogens (tertiary/aromatic N) is 2. The zero-order valence-electron chi connectivity index (χ0n) is 15.9. The highest BCUT2D eigenvalue weighted by molar-refractivity contribution is 6.42. The summed E-state index contributed by atoms with van der Waals surface area (Å²) in [5, 5.41) is 7.59. The molecule has 1 aromatic heterocycles. The van der Waals surface area contributed by atoms with Gasteiger partial charge >= 0.3 is 0 Å². The standard InChI is InChI=1S/C20H19Cl2N3O4/c1-27-16-9-6-12(10-17(16)28-2)20-24-19(29-25-20)5-3-4-18(26)23-13-7-8-14(21)15(22)11-13/h6-11H,3-5H2,1-2H3,(H,23,26). The molecule has 0 fully saturated rings. The number of carbonyl (C=O) groups is 1. The summed E-state index contributed by atoms with van der Waals surface area (Å²) in [7, 11) is 3.13. The molecule has 0 radical (unpaired) electrons. The summed E-state index contributed by atoms with van der Waals surface area (Å²) in [5.74, 6) is 1.96. The molecule has 0 bridgehead atoms. The summed E-state index contributed by atoms with van der Waals surface area (Å²) in [4.78, 5) is 16.5.